The fourth-order valence-electron chi connectivity index (χ4n) is 4.60. The van der Waals surface area contributed by atoms with Crippen molar-refractivity contribution in [3.63, 3.8) is 0 Å². The molecular formula is C17H21N3O3. The lowest BCUT2D eigenvalue weighted by molar-refractivity contribution is -0.142. The Hall–Kier alpha value is -2.11. The Bertz CT molecular complexity index is 648. The van der Waals surface area contributed by atoms with E-state index in [1.54, 1.807) is 18.3 Å². The summed E-state index contributed by atoms with van der Waals surface area (Å²) >= 11 is 0. The van der Waals surface area contributed by atoms with Crippen LogP contribution in [0.1, 0.15) is 36.0 Å². The normalized spacial score (nSPS) is 30.1. The van der Waals surface area contributed by atoms with Crippen molar-refractivity contribution in [2.45, 2.75) is 31.7 Å². The minimum Gasteiger partial charge on any atom is -0.478 e. The highest BCUT2D eigenvalue weighted by Crippen LogP contribution is 2.39. The fourth-order valence-corrected chi connectivity index (χ4v) is 4.60. The molecule has 6 heteroatoms. The van der Waals surface area contributed by atoms with Gasteiger partial charge in [0.25, 0.3) is 0 Å². The molecule has 3 atom stereocenters. The molecule has 6 nitrogen and oxygen atoms in total. The van der Waals surface area contributed by atoms with E-state index in [4.69, 9.17) is 0 Å². The summed E-state index contributed by atoms with van der Waals surface area (Å²) < 4.78 is 0. The summed E-state index contributed by atoms with van der Waals surface area (Å²) in [5.74, 6) is 0.781. The molecule has 1 N–H and O–H groups in total. The predicted molar refractivity (Wildman–Crippen MR) is 84.4 cm³/mol. The maximum Gasteiger partial charge on any atom is 0.339 e. The molecule has 1 amide bonds. The number of nitrogens with zero attached hydrogens (tertiary/aromatic N) is 3. The van der Waals surface area contributed by atoms with Crippen LogP contribution in [-0.4, -0.2) is 52.5 Å². The Morgan fingerprint density at radius 1 is 1.30 bits per heavy atom. The number of carbonyl (C=O) groups is 2. The van der Waals surface area contributed by atoms with Crippen molar-refractivity contribution in [1.29, 1.82) is 0 Å². The number of fused-ring (bicyclic) bond motifs is 4. The molecule has 1 aromatic heterocycles. The lowest BCUT2D eigenvalue weighted by Gasteiger charge is -2.52. The van der Waals surface area contributed by atoms with E-state index in [1.807, 2.05) is 0 Å². The first-order valence-electron chi connectivity index (χ1n) is 8.36. The van der Waals surface area contributed by atoms with Crippen molar-refractivity contribution in [1.82, 2.24) is 9.88 Å². The number of carboxylic acid groups (broad SMARTS) is 1. The standard InChI is InChI=1S/C17H21N3O3/c21-15-5-1-4-14-12-7-11(9-20(14)15)8-19(10-12)16-13(17(22)23)3-2-6-18-16/h2-3,6,11-12,14H,1,4-5,7-10H2,(H,22,23)/t11-,12+,14-/m1/s1. The van der Waals surface area contributed by atoms with Gasteiger partial charge >= 0.3 is 5.97 Å². The second kappa shape index (κ2) is 5.51. The van der Waals surface area contributed by atoms with Crippen LogP contribution in [0.4, 0.5) is 5.82 Å². The molecule has 3 fully saturated rings. The summed E-state index contributed by atoms with van der Waals surface area (Å²) in [4.78, 5) is 32.2. The Morgan fingerprint density at radius 2 is 2.17 bits per heavy atom. The third-order valence-electron chi connectivity index (χ3n) is 5.50. The molecule has 4 heterocycles. The van der Waals surface area contributed by atoms with Gasteiger partial charge in [-0.25, -0.2) is 9.78 Å². The molecule has 122 valence electrons. The molecular weight excluding hydrogens is 294 g/mol. The van der Waals surface area contributed by atoms with E-state index in [0.29, 0.717) is 36.0 Å². The van der Waals surface area contributed by atoms with Gasteiger partial charge in [-0.3, -0.25) is 4.79 Å². The van der Waals surface area contributed by atoms with Gasteiger partial charge < -0.3 is 14.9 Å². The van der Waals surface area contributed by atoms with Gasteiger partial charge in [0.1, 0.15) is 11.4 Å². The van der Waals surface area contributed by atoms with Gasteiger partial charge in [0, 0.05) is 38.3 Å². The summed E-state index contributed by atoms with van der Waals surface area (Å²) in [6, 6.07) is 3.61. The highest BCUT2D eigenvalue weighted by Gasteiger charge is 2.44. The maximum atomic E-state index is 12.2. The van der Waals surface area contributed by atoms with Crippen LogP contribution >= 0.6 is 0 Å². The number of piperidine rings is 3. The van der Waals surface area contributed by atoms with Crippen molar-refractivity contribution < 1.29 is 14.7 Å². The molecule has 23 heavy (non-hydrogen) atoms. The van der Waals surface area contributed by atoms with Crippen LogP contribution in [0.2, 0.25) is 0 Å². The molecule has 1 aromatic rings. The molecule has 0 unspecified atom stereocenters. The van der Waals surface area contributed by atoms with E-state index in [0.717, 1.165) is 38.9 Å². The number of hydrogen-bond donors (Lipinski definition) is 1. The lowest BCUT2D eigenvalue weighted by Crippen LogP contribution is -2.60. The summed E-state index contributed by atoms with van der Waals surface area (Å²) in [7, 11) is 0. The number of aromatic carboxylic acids is 1. The smallest absolute Gasteiger partial charge is 0.339 e. The zero-order valence-corrected chi connectivity index (χ0v) is 13.0. The van der Waals surface area contributed by atoms with E-state index >= 15 is 0 Å². The number of pyridine rings is 1. The molecule has 4 rings (SSSR count). The largest absolute Gasteiger partial charge is 0.478 e. The van der Waals surface area contributed by atoms with Crippen LogP contribution in [0.25, 0.3) is 0 Å². The van der Waals surface area contributed by atoms with Crippen molar-refractivity contribution in [3.05, 3.63) is 23.9 Å². The quantitative estimate of drug-likeness (QED) is 0.897. The van der Waals surface area contributed by atoms with Crippen LogP contribution < -0.4 is 4.90 Å². The van der Waals surface area contributed by atoms with Crippen LogP contribution in [0, 0.1) is 11.8 Å². The first-order valence-corrected chi connectivity index (χ1v) is 8.36. The van der Waals surface area contributed by atoms with Crippen molar-refractivity contribution >= 4 is 17.7 Å². The number of aromatic nitrogens is 1. The number of carboxylic acids is 1. The highest BCUT2D eigenvalue weighted by atomic mass is 16.4. The summed E-state index contributed by atoms with van der Waals surface area (Å²) in [5, 5.41) is 9.40. The second-order valence-electron chi connectivity index (χ2n) is 6.95. The molecule has 0 saturated carbocycles. The maximum absolute atomic E-state index is 12.2. The van der Waals surface area contributed by atoms with Gasteiger partial charge in [-0.05, 0) is 43.2 Å². The Balaban J connectivity index is 1.61. The van der Waals surface area contributed by atoms with E-state index < -0.39 is 5.97 Å². The predicted octanol–water partition coefficient (Wildman–Crippen LogP) is 1.62. The number of hydrogen-bond acceptors (Lipinski definition) is 4. The van der Waals surface area contributed by atoms with Crippen molar-refractivity contribution in [2.24, 2.45) is 11.8 Å². The molecule has 0 aliphatic carbocycles. The van der Waals surface area contributed by atoms with E-state index in [1.165, 1.54) is 0 Å². The SMILES string of the molecule is O=C(O)c1cccnc1N1C[C@H]2C[C@@H](C1)[C@H]1CCCC(=O)N1C2. The first-order chi connectivity index (χ1) is 11.1. The zero-order chi connectivity index (χ0) is 16.0. The number of carbonyl (C=O) groups excluding carboxylic acids is 1. The van der Waals surface area contributed by atoms with Crippen LogP contribution in [0.15, 0.2) is 18.3 Å². The van der Waals surface area contributed by atoms with Gasteiger partial charge in [-0.2, -0.15) is 0 Å². The first kappa shape index (κ1) is 14.5. The number of rotatable bonds is 2. The van der Waals surface area contributed by atoms with E-state index in [-0.39, 0.29) is 5.56 Å². The summed E-state index contributed by atoms with van der Waals surface area (Å²) in [6.45, 7) is 2.39. The number of amides is 1. The minimum atomic E-state index is -0.932. The molecule has 0 radical (unpaired) electrons. The average Bonchev–Trinajstić information content (AvgIpc) is 2.56. The molecule has 0 spiro atoms. The Morgan fingerprint density at radius 3 is 3.00 bits per heavy atom. The lowest BCUT2D eigenvalue weighted by atomic mass is 9.76. The van der Waals surface area contributed by atoms with Crippen LogP contribution in [-0.2, 0) is 4.79 Å². The van der Waals surface area contributed by atoms with Crippen LogP contribution in [0.3, 0.4) is 0 Å². The Labute approximate surface area is 135 Å². The van der Waals surface area contributed by atoms with Gasteiger partial charge in [0.05, 0.1) is 0 Å². The van der Waals surface area contributed by atoms with Gasteiger partial charge in [-0.1, -0.05) is 0 Å². The van der Waals surface area contributed by atoms with Crippen molar-refractivity contribution in [3.8, 4) is 0 Å². The summed E-state index contributed by atoms with van der Waals surface area (Å²) in [6.07, 6.45) is 5.53. The molecule has 2 bridgehead atoms. The topological polar surface area (TPSA) is 73.7 Å². The number of anilines is 1. The van der Waals surface area contributed by atoms with Gasteiger partial charge in [0.15, 0.2) is 0 Å². The molecule has 3 aliphatic rings. The third-order valence-corrected chi connectivity index (χ3v) is 5.50. The summed E-state index contributed by atoms with van der Waals surface area (Å²) in [5.41, 5.74) is 0.268. The monoisotopic (exact) mass is 315 g/mol. The van der Waals surface area contributed by atoms with Gasteiger partial charge in [-0.15, -0.1) is 0 Å². The second-order valence-corrected chi connectivity index (χ2v) is 6.95. The molecule has 3 saturated heterocycles. The third kappa shape index (κ3) is 2.46. The molecule has 3 aliphatic heterocycles. The molecule has 0 aromatic carbocycles. The zero-order valence-electron chi connectivity index (χ0n) is 13.0. The van der Waals surface area contributed by atoms with Crippen LogP contribution in [0.5, 0.6) is 0 Å². The minimum absolute atomic E-state index is 0.268. The van der Waals surface area contributed by atoms with E-state index in [9.17, 15) is 14.7 Å². The van der Waals surface area contributed by atoms with Gasteiger partial charge in [0.2, 0.25) is 5.91 Å². The highest BCUT2D eigenvalue weighted by molar-refractivity contribution is 5.93. The van der Waals surface area contributed by atoms with E-state index in [2.05, 4.69) is 14.8 Å². The van der Waals surface area contributed by atoms with Crippen molar-refractivity contribution in [2.75, 3.05) is 24.5 Å². The average molecular weight is 315 g/mol. The fraction of sp³-hybridized carbons (Fsp3) is 0.588. The Kier molecular flexibility index (Phi) is 3.47.